The van der Waals surface area contributed by atoms with Crippen molar-refractivity contribution in [3.8, 4) is 5.75 Å². The molecule has 1 saturated carbocycles. The van der Waals surface area contributed by atoms with Gasteiger partial charge in [0.25, 0.3) is 5.91 Å². The van der Waals surface area contributed by atoms with Crippen LogP contribution in [0, 0.1) is 17.6 Å². The van der Waals surface area contributed by atoms with Crippen molar-refractivity contribution in [2.24, 2.45) is 5.92 Å². The second-order valence-electron chi connectivity index (χ2n) is 12.9. The minimum absolute atomic E-state index is 0.0905. The van der Waals surface area contributed by atoms with E-state index >= 15 is 8.78 Å². The van der Waals surface area contributed by atoms with E-state index in [-0.39, 0.29) is 43.2 Å². The summed E-state index contributed by atoms with van der Waals surface area (Å²) >= 11 is 0. The van der Waals surface area contributed by atoms with Crippen LogP contribution in [0.15, 0.2) is 24.4 Å². The highest BCUT2D eigenvalue weighted by atomic mass is 19.4. The van der Waals surface area contributed by atoms with Crippen LogP contribution in [-0.2, 0) is 11.0 Å². The number of pyridine rings is 1. The molecule has 16 heteroatoms. The number of ether oxygens (including phenoxy) is 1. The summed E-state index contributed by atoms with van der Waals surface area (Å²) in [5, 5.41) is 5.05. The number of aromatic nitrogens is 1. The van der Waals surface area contributed by atoms with Gasteiger partial charge >= 0.3 is 12.2 Å². The average molecular weight is 687 g/mol. The Labute approximate surface area is 272 Å². The summed E-state index contributed by atoms with van der Waals surface area (Å²) in [5.74, 6) is -6.41. The molecular weight excluding hydrogens is 649 g/mol. The first-order valence-corrected chi connectivity index (χ1v) is 16.1. The van der Waals surface area contributed by atoms with Crippen molar-refractivity contribution in [3.63, 3.8) is 0 Å². The Morgan fingerprint density at radius 1 is 1.00 bits per heavy atom. The molecule has 9 nitrogen and oxygen atoms in total. The number of carbonyl (C=O) groups is 2. The number of fused-ring (bicyclic) bond motifs is 1. The minimum atomic E-state index is -4.96. The third-order valence-corrected chi connectivity index (χ3v) is 10.1. The number of methoxy groups -OCH3 is 1. The van der Waals surface area contributed by atoms with Gasteiger partial charge in [-0.15, -0.1) is 0 Å². The summed E-state index contributed by atoms with van der Waals surface area (Å²) in [7, 11) is 1.20. The second kappa shape index (κ2) is 13.6. The molecule has 2 aromatic rings. The number of nitrogens with one attached hydrogen (secondary N) is 2. The van der Waals surface area contributed by atoms with Crippen molar-refractivity contribution in [1.82, 2.24) is 20.5 Å². The molecule has 4 heterocycles. The molecule has 2 N–H and O–H groups in total. The van der Waals surface area contributed by atoms with Crippen LogP contribution >= 0.6 is 0 Å². The average Bonchev–Trinajstić information content (AvgIpc) is 3.64. The van der Waals surface area contributed by atoms with E-state index in [9.17, 15) is 31.5 Å². The van der Waals surface area contributed by atoms with Gasteiger partial charge in [-0.3, -0.25) is 14.6 Å². The van der Waals surface area contributed by atoms with Gasteiger partial charge in [0.05, 0.1) is 12.8 Å². The predicted octanol–water partition coefficient (Wildman–Crippen LogP) is 5.29. The number of rotatable bonds is 7. The van der Waals surface area contributed by atoms with Crippen LogP contribution < -0.4 is 25.2 Å². The van der Waals surface area contributed by atoms with Crippen molar-refractivity contribution < 1.29 is 45.1 Å². The van der Waals surface area contributed by atoms with Crippen LogP contribution in [0.1, 0.15) is 55.6 Å². The van der Waals surface area contributed by atoms with Gasteiger partial charge in [-0.2, -0.15) is 13.2 Å². The standard InChI is InChI=1S/C32H37F7N6O3/c1-48-20-13-22(33)25(23(34)14-20)21-16-45(30(46)27(21)42-31(47)41-18-6-4-17(5-7-18)28(35)36)29-26(32(37,38)39)24(8-9-40-29)44-12-11-43-10-2-3-19(43)15-44/h8-9,13-14,17-19,21,27-28H,2-7,10-12,15-16H2,1H3,(H2,41,42,47)/t17?,18?,19?,21-,27-/m0/s1. The van der Waals surface area contributed by atoms with Gasteiger partial charge in [0.2, 0.25) is 6.43 Å². The maximum atomic E-state index is 15.4. The van der Waals surface area contributed by atoms with Gasteiger partial charge in [-0.25, -0.2) is 27.3 Å². The molecule has 48 heavy (non-hydrogen) atoms. The van der Waals surface area contributed by atoms with E-state index in [1.165, 1.54) is 19.4 Å². The van der Waals surface area contributed by atoms with E-state index < -0.39 is 83.6 Å². The summed E-state index contributed by atoms with van der Waals surface area (Å²) in [6, 6.07) is 0.00278. The van der Waals surface area contributed by atoms with Gasteiger partial charge in [0, 0.05) is 74.0 Å². The molecule has 1 aromatic carbocycles. The largest absolute Gasteiger partial charge is 0.497 e. The highest BCUT2D eigenvalue weighted by Gasteiger charge is 2.50. The summed E-state index contributed by atoms with van der Waals surface area (Å²) in [6.45, 7) is 1.51. The van der Waals surface area contributed by atoms with E-state index in [2.05, 4.69) is 20.5 Å². The van der Waals surface area contributed by atoms with E-state index in [1.54, 1.807) is 4.90 Å². The number of alkyl halides is 5. The molecule has 0 radical (unpaired) electrons. The van der Waals surface area contributed by atoms with E-state index in [0.717, 1.165) is 36.4 Å². The summed E-state index contributed by atoms with van der Waals surface area (Å²) < 4.78 is 107. The maximum absolute atomic E-state index is 15.4. The molecule has 4 fully saturated rings. The van der Waals surface area contributed by atoms with E-state index in [4.69, 9.17) is 4.74 Å². The number of anilines is 2. The van der Waals surface area contributed by atoms with Gasteiger partial charge in [-0.05, 0) is 51.1 Å². The quantitative estimate of drug-likeness (QED) is 0.385. The fraction of sp³-hybridized carbons (Fsp3) is 0.594. The van der Waals surface area contributed by atoms with Gasteiger partial charge in [0.1, 0.15) is 34.8 Å². The minimum Gasteiger partial charge on any atom is -0.497 e. The number of hydrogen-bond donors (Lipinski definition) is 2. The number of halogens is 7. The number of nitrogens with zero attached hydrogens (tertiary/aromatic N) is 4. The lowest BCUT2D eigenvalue weighted by atomic mass is 9.86. The van der Waals surface area contributed by atoms with E-state index in [0.29, 0.717) is 19.6 Å². The first kappa shape index (κ1) is 34.1. The number of hydrogen-bond acceptors (Lipinski definition) is 6. The number of benzene rings is 1. The number of urea groups is 1. The Kier molecular flexibility index (Phi) is 9.64. The lowest BCUT2D eigenvalue weighted by Gasteiger charge is -2.40. The fourth-order valence-corrected chi connectivity index (χ4v) is 7.65. The third-order valence-electron chi connectivity index (χ3n) is 10.1. The zero-order valence-corrected chi connectivity index (χ0v) is 26.2. The zero-order valence-electron chi connectivity index (χ0n) is 26.2. The smallest absolute Gasteiger partial charge is 0.421 e. The lowest BCUT2D eigenvalue weighted by molar-refractivity contribution is -0.137. The molecular formula is C32H37F7N6O3. The molecule has 1 unspecified atom stereocenters. The van der Waals surface area contributed by atoms with Gasteiger partial charge in [0.15, 0.2) is 0 Å². The molecule has 4 aliphatic rings. The Morgan fingerprint density at radius 2 is 1.71 bits per heavy atom. The normalized spacial score (nSPS) is 26.6. The second-order valence-corrected chi connectivity index (χ2v) is 12.9. The molecule has 1 aromatic heterocycles. The van der Waals surface area contributed by atoms with Gasteiger partial charge < -0.3 is 20.3 Å². The van der Waals surface area contributed by atoms with Crippen LogP contribution in [0.3, 0.4) is 0 Å². The highest BCUT2D eigenvalue weighted by Crippen LogP contribution is 2.45. The Balaban J connectivity index is 1.33. The van der Waals surface area contributed by atoms with Crippen LogP contribution in [0.2, 0.25) is 0 Å². The first-order valence-electron chi connectivity index (χ1n) is 16.1. The molecule has 3 atom stereocenters. The Hall–Kier alpha value is -3.82. The van der Waals surface area contributed by atoms with E-state index in [1.807, 2.05) is 0 Å². The first-order chi connectivity index (χ1) is 22.8. The number of piperazine rings is 1. The van der Waals surface area contributed by atoms with Crippen LogP contribution in [0.5, 0.6) is 5.75 Å². The van der Waals surface area contributed by atoms with Crippen molar-refractivity contribution in [2.45, 2.75) is 75.2 Å². The number of amides is 3. The summed E-state index contributed by atoms with van der Waals surface area (Å²) in [4.78, 5) is 35.7. The van der Waals surface area contributed by atoms with Crippen LogP contribution in [0.25, 0.3) is 0 Å². The molecule has 6 rings (SSSR count). The molecule has 0 spiro atoms. The summed E-state index contributed by atoms with van der Waals surface area (Å²) in [6.07, 6.45) is -3.64. The predicted molar refractivity (Wildman–Crippen MR) is 161 cm³/mol. The Morgan fingerprint density at radius 3 is 2.35 bits per heavy atom. The fourth-order valence-electron chi connectivity index (χ4n) is 7.65. The zero-order chi connectivity index (χ0) is 34.3. The molecule has 3 amide bonds. The Bertz CT molecular complexity index is 1500. The number of carbonyl (C=O) groups excluding carboxylic acids is 2. The van der Waals surface area contributed by atoms with Crippen LogP contribution in [-0.4, -0.2) is 86.2 Å². The van der Waals surface area contributed by atoms with Crippen molar-refractivity contribution in [2.75, 3.05) is 49.6 Å². The maximum Gasteiger partial charge on any atom is 0.421 e. The molecule has 3 aliphatic heterocycles. The molecule has 262 valence electrons. The van der Waals surface area contributed by atoms with Crippen molar-refractivity contribution >= 4 is 23.4 Å². The van der Waals surface area contributed by atoms with Crippen molar-refractivity contribution in [1.29, 1.82) is 0 Å². The van der Waals surface area contributed by atoms with Crippen LogP contribution in [0.4, 0.5) is 47.0 Å². The lowest BCUT2D eigenvalue weighted by Crippen LogP contribution is -2.51. The highest BCUT2D eigenvalue weighted by molar-refractivity contribution is 6.03. The molecule has 0 bridgehead atoms. The van der Waals surface area contributed by atoms with Gasteiger partial charge in [-0.1, -0.05) is 0 Å². The van der Waals surface area contributed by atoms with Crippen molar-refractivity contribution in [3.05, 3.63) is 47.2 Å². The molecule has 1 aliphatic carbocycles. The topological polar surface area (TPSA) is 90.0 Å². The SMILES string of the molecule is COc1cc(F)c([C@@H]2CN(c3nccc(N4CCN5CCCC5C4)c3C(F)(F)F)C(=O)[C@H]2NC(=O)NC2CCC(C(F)F)CC2)c(F)c1. The monoisotopic (exact) mass is 686 g/mol. The summed E-state index contributed by atoms with van der Waals surface area (Å²) in [5.41, 5.74) is -1.92. The third kappa shape index (κ3) is 6.72. The molecule has 3 saturated heterocycles.